The van der Waals surface area contributed by atoms with Gasteiger partial charge in [0, 0.05) is 18.3 Å². The van der Waals surface area contributed by atoms with E-state index in [1.165, 1.54) is 25.0 Å². The minimum absolute atomic E-state index is 0.518. The van der Waals surface area contributed by atoms with E-state index < -0.39 is 0 Å². The second-order valence-corrected chi connectivity index (χ2v) is 4.63. The maximum atomic E-state index is 4.31. The molecule has 0 amide bonds. The van der Waals surface area contributed by atoms with Crippen LogP contribution >= 0.6 is 0 Å². The molecule has 0 fully saturated rings. The zero-order valence-electron chi connectivity index (χ0n) is 11.1. The molecule has 0 aliphatic rings. The van der Waals surface area contributed by atoms with Gasteiger partial charge >= 0.3 is 0 Å². The van der Waals surface area contributed by atoms with Crippen molar-refractivity contribution >= 4 is 0 Å². The molecule has 16 heavy (non-hydrogen) atoms. The average Bonchev–Trinajstić information content (AvgIpc) is 2.56. The number of hydrogen-bond donors (Lipinski definition) is 1. The standard InChI is InChI=1S/C13H25N3/c1-5-6-7-8-14-11(2)9-16-10-15-12(3)13(16)4/h10-11,14H,5-9H2,1-4H3. The molecule has 1 aromatic heterocycles. The summed E-state index contributed by atoms with van der Waals surface area (Å²) < 4.78 is 2.23. The van der Waals surface area contributed by atoms with Gasteiger partial charge in [0.15, 0.2) is 0 Å². The summed E-state index contributed by atoms with van der Waals surface area (Å²) in [7, 11) is 0. The number of hydrogen-bond acceptors (Lipinski definition) is 2. The van der Waals surface area contributed by atoms with Gasteiger partial charge in [-0.15, -0.1) is 0 Å². The largest absolute Gasteiger partial charge is 0.333 e. The number of aromatic nitrogens is 2. The Morgan fingerprint density at radius 2 is 2.12 bits per heavy atom. The molecule has 0 aromatic carbocycles. The SMILES string of the molecule is CCCCCNC(C)Cn1cnc(C)c1C. The molecule has 0 saturated carbocycles. The van der Waals surface area contributed by atoms with Gasteiger partial charge in [0.25, 0.3) is 0 Å². The Balaban J connectivity index is 2.28. The first kappa shape index (κ1) is 13.2. The van der Waals surface area contributed by atoms with Crippen molar-refractivity contribution < 1.29 is 0 Å². The van der Waals surface area contributed by atoms with E-state index in [1.54, 1.807) is 0 Å². The number of nitrogens with zero attached hydrogens (tertiary/aromatic N) is 2. The lowest BCUT2D eigenvalue weighted by Gasteiger charge is -2.15. The van der Waals surface area contributed by atoms with E-state index in [2.05, 4.69) is 42.6 Å². The Bertz CT molecular complexity index is 304. The molecule has 1 unspecified atom stereocenters. The highest BCUT2D eigenvalue weighted by molar-refractivity contribution is 5.08. The van der Waals surface area contributed by atoms with Crippen LogP contribution in [0.3, 0.4) is 0 Å². The molecular weight excluding hydrogens is 198 g/mol. The highest BCUT2D eigenvalue weighted by Crippen LogP contribution is 2.05. The summed E-state index contributed by atoms with van der Waals surface area (Å²) in [6, 6.07) is 0.518. The Hall–Kier alpha value is -0.830. The number of unbranched alkanes of at least 4 members (excludes halogenated alkanes) is 2. The lowest BCUT2D eigenvalue weighted by molar-refractivity contribution is 0.463. The molecule has 0 saturated heterocycles. The summed E-state index contributed by atoms with van der Waals surface area (Å²) in [4.78, 5) is 4.31. The Kier molecular flexibility index (Phi) is 5.53. The normalized spacial score (nSPS) is 13.0. The van der Waals surface area contributed by atoms with Gasteiger partial charge in [-0.05, 0) is 33.7 Å². The first-order valence-corrected chi connectivity index (χ1v) is 6.36. The van der Waals surface area contributed by atoms with Gasteiger partial charge in [-0.2, -0.15) is 0 Å². The second kappa shape index (κ2) is 6.69. The molecule has 0 radical (unpaired) electrons. The topological polar surface area (TPSA) is 29.9 Å². The molecule has 0 spiro atoms. The van der Waals surface area contributed by atoms with Gasteiger partial charge in [-0.1, -0.05) is 19.8 Å². The van der Waals surface area contributed by atoms with Crippen LogP contribution in [-0.2, 0) is 6.54 Å². The molecule has 0 bridgehead atoms. The predicted molar refractivity (Wildman–Crippen MR) is 68.7 cm³/mol. The summed E-state index contributed by atoms with van der Waals surface area (Å²) in [5.74, 6) is 0. The lowest BCUT2D eigenvalue weighted by atomic mass is 10.2. The van der Waals surface area contributed by atoms with Crippen LogP contribution in [0.5, 0.6) is 0 Å². The zero-order chi connectivity index (χ0) is 12.0. The van der Waals surface area contributed by atoms with Crippen molar-refractivity contribution in [1.82, 2.24) is 14.9 Å². The maximum Gasteiger partial charge on any atom is 0.0951 e. The summed E-state index contributed by atoms with van der Waals surface area (Å²) in [5, 5.41) is 3.55. The number of rotatable bonds is 7. The molecule has 0 aliphatic carbocycles. The van der Waals surface area contributed by atoms with Gasteiger partial charge in [-0.25, -0.2) is 4.98 Å². The maximum absolute atomic E-state index is 4.31. The number of imidazole rings is 1. The van der Waals surface area contributed by atoms with E-state index in [0.717, 1.165) is 18.8 Å². The Labute approximate surface area is 99.3 Å². The van der Waals surface area contributed by atoms with Crippen LogP contribution in [0.25, 0.3) is 0 Å². The van der Waals surface area contributed by atoms with Crippen molar-refractivity contribution in [2.24, 2.45) is 0 Å². The van der Waals surface area contributed by atoms with Crippen LogP contribution in [0.2, 0.25) is 0 Å². The number of aryl methyl sites for hydroxylation is 1. The van der Waals surface area contributed by atoms with E-state index in [1.807, 2.05) is 6.33 Å². The molecule has 1 heterocycles. The number of nitrogens with one attached hydrogen (secondary N) is 1. The minimum atomic E-state index is 0.518. The summed E-state index contributed by atoms with van der Waals surface area (Å²) in [6.07, 6.45) is 5.83. The third-order valence-electron chi connectivity index (χ3n) is 3.09. The van der Waals surface area contributed by atoms with E-state index in [0.29, 0.717) is 6.04 Å². The fourth-order valence-electron chi connectivity index (χ4n) is 1.81. The van der Waals surface area contributed by atoms with Crippen molar-refractivity contribution in [3.63, 3.8) is 0 Å². The lowest BCUT2D eigenvalue weighted by Crippen LogP contribution is -2.31. The van der Waals surface area contributed by atoms with Crippen molar-refractivity contribution in [2.45, 2.75) is 59.5 Å². The van der Waals surface area contributed by atoms with Crippen molar-refractivity contribution in [1.29, 1.82) is 0 Å². The van der Waals surface area contributed by atoms with Crippen LogP contribution in [0.1, 0.15) is 44.5 Å². The highest BCUT2D eigenvalue weighted by Gasteiger charge is 2.06. The van der Waals surface area contributed by atoms with Gasteiger partial charge in [-0.3, -0.25) is 0 Å². The van der Waals surface area contributed by atoms with Gasteiger partial charge in [0.05, 0.1) is 12.0 Å². The molecule has 3 nitrogen and oxygen atoms in total. The fourth-order valence-corrected chi connectivity index (χ4v) is 1.81. The smallest absolute Gasteiger partial charge is 0.0951 e. The molecule has 1 rings (SSSR count). The minimum Gasteiger partial charge on any atom is -0.333 e. The van der Waals surface area contributed by atoms with E-state index in [9.17, 15) is 0 Å². The molecule has 1 N–H and O–H groups in total. The van der Waals surface area contributed by atoms with E-state index in [-0.39, 0.29) is 0 Å². The molecule has 92 valence electrons. The van der Waals surface area contributed by atoms with Crippen molar-refractivity contribution in [3.05, 3.63) is 17.7 Å². The Morgan fingerprint density at radius 3 is 2.69 bits per heavy atom. The van der Waals surface area contributed by atoms with Crippen LogP contribution in [0.4, 0.5) is 0 Å². The third kappa shape index (κ3) is 3.97. The van der Waals surface area contributed by atoms with E-state index in [4.69, 9.17) is 0 Å². The van der Waals surface area contributed by atoms with Crippen molar-refractivity contribution in [3.8, 4) is 0 Å². The third-order valence-corrected chi connectivity index (χ3v) is 3.09. The fraction of sp³-hybridized carbons (Fsp3) is 0.769. The second-order valence-electron chi connectivity index (χ2n) is 4.63. The average molecular weight is 223 g/mol. The Morgan fingerprint density at radius 1 is 1.38 bits per heavy atom. The van der Waals surface area contributed by atoms with Crippen LogP contribution in [0.15, 0.2) is 6.33 Å². The predicted octanol–water partition coefficient (Wildman–Crippen LogP) is 2.67. The van der Waals surface area contributed by atoms with Crippen LogP contribution in [0, 0.1) is 13.8 Å². The summed E-state index contributed by atoms with van der Waals surface area (Å²) in [5.41, 5.74) is 2.42. The molecule has 3 heteroatoms. The first-order chi connectivity index (χ1) is 7.65. The molecule has 0 aliphatic heterocycles. The van der Waals surface area contributed by atoms with Crippen molar-refractivity contribution in [2.75, 3.05) is 6.54 Å². The molecular formula is C13H25N3. The first-order valence-electron chi connectivity index (χ1n) is 6.36. The molecule has 1 aromatic rings. The van der Waals surface area contributed by atoms with Crippen LogP contribution < -0.4 is 5.32 Å². The molecule has 1 atom stereocenters. The monoisotopic (exact) mass is 223 g/mol. The quantitative estimate of drug-likeness (QED) is 0.720. The zero-order valence-corrected chi connectivity index (χ0v) is 11.1. The summed E-state index contributed by atoms with van der Waals surface area (Å²) >= 11 is 0. The van der Waals surface area contributed by atoms with Gasteiger partial charge in [0.1, 0.15) is 0 Å². The van der Waals surface area contributed by atoms with Gasteiger partial charge < -0.3 is 9.88 Å². The highest BCUT2D eigenvalue weighted by atomic mass is 15.1. The van der Waals surface area contributed by atoms with E-state index >= 15 is 0 Å². The van der Waals surface area contributed by atoms with Gasteiger partial charge in [0.2, 0.25) is 0 Å². The van der Waals surface area contributed by atoms with Crippen LogP contribution in [-0.4, -0.2) is 22.1 Å². The summed E-state index contributed by atoms with van der Waals surface area (Å²) in [6.45, 7) is 10.8.